The van der Waals surface area contributed by atoms with Crippen molar-refractivity contribution in [2.75, 3.05) is 24.6 Å². The smallest absolute Gasteiger partial charge is 0.227 e. The van der Waals surface area contributed by atoms with Gasteiger partial charge in [0, 0.05) is 29.8 Å². The van der Waals surface area contributed by atoms with Crippen LogP contribution in [0.25, 0.3) is 0 Å². The molecule has 1 aromatic carbocycles. The first-order valence-corrected chi connectivity index (χ1v) is 10.1. The topological polar surface area (TPSA) is 72.8 Å². The van der Waals surface area contributed by atoms with Crippen LogP contribution in [0.4, 0.5) is 5.69 Å². The highest BCUT2D eigenvalue weighted by atomic mass is 16.3. The van der Waals surface area contributed by atoms with Crippen LogP contribution in [-0.2, 0) is 24.1 Å². The van der Waals surface area contributed by atoms with Crippen molar-refractivity contribution in [3.8, 4) is 5.75 Å². The Labute approximate surface area is 168 Å². The number of anilines is 1. The largest absolute Gasteiger partial charge is 0.507 e. The lowest BCUT2D eigenvalue weighted by molar-refractivity contribution is -0.118. The van der Waals surface area contributed by atoms with Crippen LogP contribution in [0, 0.1) is 0 Å². The van der Waals surface area contributed by atoms with Gasteiger partial charge in [0.05, 0.1) is 6.61 Å². The first-order chi connectivity index (χ1) is 13.3. The van der Waals surface area contributed by atoms with Crippen LogP contribution >= 0.6 is 0 Å². The Morgan fingerprint density at radius 3 is 2.57 bits per heavy atom. The lowest BCUT2D eigenvalue weighted by Crippen LogP contribution is -2.43. The van der Waals surface area contributed by atoms with Crippen molar-refractivity contribution < 1.29 is 15.0 Å². The summed E-state index contributed by atoms with van der Waals surface area (Å²) in [5.74, 6) is 0.444. The van der Waals surface area contributed by atoms with E-state index in [4.69, 9.17) is 0 Å². The van der Waals surface area contributed by atoms with Gasteiger partial charge >= 0.3 is 0 Å². The summed E-state index contributed by atoms with van der Waals surface area (Å²) in [6, 6.07) is 1.95. The van der Waals surface area contributed by atoms with E-state index < -0.39 is 0 Å². The number of fused-ring (bicyclic) bond motifs is 1. The number of hydrogen-bond acceptors (Lipinski definition) is 4. The Bertz CT molecular complexity index is 725. The number of carbonyl (C=O) groups excluding carboxylic acids is 1. The molecule has 3 N–H and O–H groups in total. The summed E-state index contributed by atoms with van der Waals surface area (Å²) in [5, 5.41) is 23.3. The molecule has 0 fully saturated rings. The van der Waals surface area contributed by atoms with E-state index in [1.807, 2.05) is 24.8 Å². The van der Waals surface area contributed by atoms with Gasteiger partial charge < -0.3 is 20.4 Å². The summed E-state index contributed by atoms with van der Waals surface area (Å²) in [6.45, 7) is 13.1. The SMILES string of the molecule is C=CCc1cc2c(c(CC=C)c1O)CCC(=O)N2CCCCNC(C)(C)CO. The van der Waals surface area contributed by atoms with Gasteiger partial charge in [-0.1, -0.05) is 12.2 Å². The first-order valence-electron chi connectivity index (χ1n) is 10.1. The minimum absolute atomic E-state index is 0.0899. The summed E-state index contributed by atoms with van der Waals surface area (Å²) in [7, 11) is 0. The Morgan fingerprint density at radius 2 is 1.93 bits per heavy atom. The molecule has 1 amide bonds. The molecule has 1 aliphatic heterocycles. The lowest BCUT2D eigenvalue weighted by Gasteiger charge is -2.32. The predicted molar refractivity (Wildman–Crippen MR) is 115 cm³/mol. The fourth-order valence-corrected chi connectivity index (χ4v) is 3.63. The minimum Gasteiger partial charge on any atom is -0.507 e. The summed E-state index contributed by atoms with van der Waals surface area (Å²) in [6.07, 6.45) is 7.61. The van der Waals surface area contributed by atoms with Crippen LogP contribution in [0.5, 0.6) is 5.75 Å². The third-order valence-corrected chi connectivity index (χ3v) is 5.28. The lowest BCUT2D eigenvalue weighted by atomic mass is 9.90. The van der Waals surface area contributed by atoms with E-state index in [9.17, 15) is 15.0 Å². The van der Waals surface area contributed by atoms with Crippen LogP contribution in [0.3, 0.4) is 0 Å². The number of aromatic hydroxyl groups is 1. The Kier molecular flexibility index (Phi) is 7.84. The number of nitrogens with one attached hydrogen (secondary N) is 1. The number of hydrogen-bond donors (Lipinski definition) is 3. The standard InChI is InChI=1S/C23H34N2O3/c1-5-9-17-15-20-18(19(10-6-2)22(17)28)11-12-21(27)25(20)14-8-7-13-24-23(3,4)16-26/h5-6,15,24,26,28H,1-2,7-14,16H2,3-4H3. The van der Waals surface area contributed by atoms with E-state index in [2.05, 4.69) is 18.5 Å². The fourth-order valence-electron chi connectivity index (χ4n) is 3.63. The molecule has 154 valence electrons. The van der Waals surface area contributed by atoms with Gasteiger partial charge in [-0.2, -0.15) is 0 Å². The van der Waals surface area contributed by atoms with Gasteiger partial charge in [0.25, 0.3) is 0 Å². The number of benzene rings is 1. The predicted octanol–water partition coefficient (Wildman–Crippen LogP) is 3.27. The fraction of sp³-hybridized carbons (Fsp3) is 0.522. The highest BCUT2D eigenvalue weighted by Crippen LogP contribution is 2.39. The number of carbonyl (C=O) groups is 1. The molecule has 0 saturated carbocycles. The molecule has 0 aromatic heterocycles. The van der Waals surface area contributed by atoms with Crippen molar-refractivity contribution in [2.24, 2.45) is 0 Å². The molecule has 5 heteroatoms. The number of rotatable bonds is 11. The number of allylic oxidation sites excluding steroid dienone is 2. The van der Waals surface area contributed by atoms with E-state index in [0.29, 0.717) is 38.0 Å². The third kappa shape index (κ3) is 5.24. The minimum atomic E-state index is -0.287. The van der Waals surface area contributed by atoms with Crippen LogP contribution < -0.4 is 10.2 Å². The van der Waals surface area contributed by atoms with Gasteiger partial charge in [0.1, 0.15) is 5.75 Å². The quantitative estimate of drug-likeness (QED) is 0.403. The summed E-state index contributed by atoms with van der Waals surface area (Å²) >= 11 is 0. The van der Waals surface area contributed by atoms with Gasteiger partial charge in [-0.15, -0.1) is 13.2 Å². The maximum Gasteiger partial charge on any atom is 0.227 e. The molecular weight excluding hydrogens is 352 g/mol. The molecule has 1 aromatic rings. The molecular formula is C23H34N2O3. The molecule has 0 aliphatic carbocycles. The molecule has 28 heavy (non-hydrogen) atoms. The maximum absolute atomic E-state index is 12.6. The Morgan fingerprint density at radius 1 is 1.21 bits per heavy atom. The van der Waals surface area contributed by atoms with E-state index in [-0.39, 0.29) is 18.1 Å². The number of phenolic OH excluding ortho intramolecular Hbond substituents is 1. The van der Waals surface area contributed by atoms with Crippen molar-refractivity contribution in [1.82, 2.24) is 5.32 Å². The number of amides is 1. The second-order valence-corrected chi connectivity index (χ2v) is 8.07. The monoisotopic (exact) mass is 386 g/mol. The number of aliphatic hydroxyl groups excluding tert-OH is 1. The molecule has 1 aliphatic rings. The van der Waals surface area contributed by atoms with Gasteiger partial charge in [0.2, 0.25) is 5.91 Å². The molecule has 0 atom stereocenters. The maximum atomic E-state index is 12.6. The van der Waals surface area contributed by atoms with Gasteiger partial charge in [-0.3, -0.25) is 4.79 Å². The van der Waals surface area contributed by atoms with Crippen LogP contribution in [0.2, 0.25) is 0 Å². The summed E-state index contributed by atoms with van der Waals surface area (Å²) in [4.78, 5) is 14.5. The zero-order valence-corrected chi connectivity index (χ0v) is 17.3. The second kappa shape index (κ2) is 9.89. The van der Waals surface area contributed by atoms with Crippen molar-refractivity contribution in [3.05, 3.63) is 48.1 Å². The Hall–Kier alpha value is -2.11. The van der Waals surface area contributed by atoms with Crippen LogP contribution in [-0.4, -0.2) is 41.4 Å². The van der Waals surface area contributed by atoms with Crippen molar-refractivity contribution in [3.63, 3.8) is 0 Å². The molecule has 0 unspecified atom stereocenters. The summed E-state index contributed by atoms with van der Waals surface area (Å²) in [5.41, 5.74) is 3.38. The number of nitrogens with zero attached hydrogens (tertiary/aromatic N) is 1. The van der Waals surface area contributed by atoms with Crippen molar-refractivity contribution >= 4 is 11.6 Å². The molecule has 0 bridgehead atoms. The van der Waals surface area contributed by atoms with E-state index in [1.165, 1.54) is 0 Å². The van der Waals surface area contributed by atoms with E-state index >= 15 is 0 Å². The number of aliphatic hydroxyl groups is 1. The molecule has 0 spiro atoms. The average Bonchev–Trinajstić information content (AvgIpc) is 2.66. The normalized spacial score (nSPS) is 14.1. The van der Waals surface area contributed by atoms with E-state index in [0.717, 1.165) is 41.8 Å². The number of phenols is 1. The molecule has 0 saturated heterocycles. The zero-order valence-electron chi connectivity index (χ0n) is 17.3. The van der Waals surface area contributed by atoms with Crippen LogP contribution in [0.1, 0.15) is 49.8 Å². The molecule has 1 heterocycles. The first kappa shape index (κ1) is 22.2. The van der Waals surface area contributed by atoms with E-state index in [1.54, 1.807) is 12.2 Å². The second-order valence-electron chi connectivity index (χ2n) is 8.07. The molecule has 2 rings (SSSR count). The highest BCUT2D eigenvalue weighted by molar-refractivity contribution is 5.97. The van der Waals surface area contributed by atoms with Crippen LogP contribution in [0.15, 0.2) is 31.4 Å². The van der Waals surface area contributed by atoms with Gasteiger partial charge in [-0.05, 0) is 69.7 Å². The average molecular weight is 387 g/mol. The third-order valence-electron chi connectivity index (χ3n) is 5.28. The highest BCUT2D eigenvalue weighted by Gasteiger charge is 2.28. The summed E-state index contributed by atoms with van der Waals surface area (Å²) < 4.78 is 0. The van der Waals surface area contributed by atoms with Crippen molar-refractivity contribution in [2.45, 2.75) is 57.9 Å². The van der Waals surface area contributed by atoms with Crippen molar-refractivity contribution in [1.29, 1.82) is 0 Å². The zero-order chi connectivity index (χ0) is 20.7. The molecule has 0 radical (unpaired) electrons. The number of unbranched alkanes of at least 4 members (excludes halogenated alkanes) is 1. The van der Waals surface area contributed by atoms with Gasteiger partial charge in [-0.25, -0.2) is 0 Å². The molecule has 5 nitrogen and oxygen atoms in total. The van der Waals surface area contributed by atoms with Gasteiger partial charge in [0.15, 0.2) is 0 Å². The Balaban J connectivity index is 2.18.